The molecule has 2 rings (SSSR count). The van der Waals surface area contributed by atoms with Gasteiger partial charge in [0.25, 0.3) is 5.91 Å². The number of phenols is 1. The number of esters is 1. The molecule has 140 valence electrons. The Bertz CT molecular complexity index is 725. The number of benzene rings is 2. The summed E-state index contributed by atoms with van der Waals surface area (Å²) in [5.41, 5.74) is 0.194. The maximum Gasteiger partial charge on any atom is 0.336 e. The van der Waals surface area contributed by atoms with E-state index in [4.69, 9.17) is 14.9 Å². The summed E-state index contributed by atoms with van der Waals surface area (Å²) < 4.78 is 4.72. The van der Waals surface area contributed by atoms with E-state index in [0.717, 1.165) is 0 Å². The lowest BCUT2D eigenvalue weighted by Gasteiger charge is -2.02. The normalized spacial score (nSPS) is 8.77. The van der Waals surface area contributed by atoms with Crippen molar-refractivity contribution in [2.24, 2.45) is 0 Å². The van der Waals surface area contributed by atoms with E-state index in [2.05, 4.69) is 5.32 Å². The summed E-state index contributed by atoms with van der Waals surface area (Å²) in [6, 6.07) is 12.0. The minimum atomic E-state index is -1.10. The van der Waals surface area contributed by atoms with Crippen LogP contribution in [0.4, 0.5) is 0 Å². The molecule has 0 aromatic heterocycles. The molecule has 0 saturated carbocycles. The van der Waals surface area contributed by atoms with E-state index in [1.807, 2.05) is 13.8 Å². The Labute approximate surface area is 152 Å². The SMILES string of the molecule is CC.CC(=O)Oc1ccc(O)cc1.CNC(=O)c1ccccc1C(=O)O. The standard InChI is InChI=1S/C9H9NO3.C8H8O3.C2H6/c1-10-8(11)6-4-2-3-5-7(6)9(12)13;1-6(9)11-8-4-2-7(10)3-5-8;1-2/h2-5H,1H3,(H,10,11)(H,12,13);2-5,10H,1H3;1-2H3. The van der Waals surface area contributed by atoms with Crippen molar-refractivity contribution >= 4 is 17.8 Å². The van der Waals surface area contributed by atoms with Gasteiger partial charge in [0.2, 0.25) is 0 Å². The molecule has 7 nitrogen and oxygen atoms in total. The minimum absolute atomic E-state index is 0.0156. The molecule has 0 bridgehead atoms. The number of carbonyl (C=O) groups is 3. The van der Waals surface area contributed by atoms with Crippen LogP contribution in [0.3, 0.4) is 0 Å². The molecule has 26 heavy (non-hydrogen) atoms. The highest BCUT2D eigenvalue weighted by atomic mass is 16.5. The predicted molar refractivity (Wildman–Crippen MR) is 97.6 cm³/mol. The molecule has 3 N–H and O–H groups in total. The lowest BCUT2D eigenvalue weighted by atomic mass is 10.1. The topological polar surface area (TPSA) is 113 Å². The number of ether oxygens (including phenoxy) is 1. The summed E-state index contributed by atoms with van der Waals surface area (Å²) in [7, 11) is 1.46. The molecule has 0 spiro atoms. The quantitative estimate of drug-likeness (QED) is 0.572. The summed E-state index contributed by atoms with van der Waals surface area (Å²) in [5.74, 6) is -1.26. The summed E-state index contributed by atoms with van der Waals surface area (Å²) in [6.45, 7) is 5.33. The van der Waals surface area contributed by atoms with Gasteiger partial charge in [0.05, 0.1) is 11.1 Å². The van der Waals surface area contributed by atoms with E-state index < -0.39 is 11.9 Å². The Morgan fingerprint density at radius 1 is 0.923 bits per heavy atom. The van der Waals surface area contributed by atoms with Crippen LogP contribution in [0.1, 0.15) is 41.5 Å². The molecule has 2 aromatic carbocycles. The molecule has 0 saturated heterocycles. The minimum Gasteiger partial charge on any atom is -0.508 e. The number of aromatic hydroxyl groups is 1. The molecule has 0 aliphatic heterocycles. The first kappa shape index (κ1) is 22.6. The van der Waals surface area contributed by atoms with Crippen LogP contribution in [-0.2, 0) is 4.79 Å². The zero-order valence-corrected chi connectivity index (χ0v) is 15.1. The van der Waals surface area contributed by atoms with Crippen LogP contribution >= 0.6 is 0 Å². The monoisotopic (exact) mass is 361 g/mol. The Morgan fingerprint density at radius 3 is 1.85 bits per heavy atom. The molecule has 2 aromatic rings. The van der Waals surface area contributed by atoms with Crippen molar-refractivity contribution in [2.45, 2.75) is 20.8 Å². The maximum absolute atomic E-state index is 11.2. The van der Waals surface area contributed by atoms with Gasteiger partial charge in [-0.1, -0.05) is 26.0 Å². The number of carboxylic acids is 1. The van der Waals surface area contributed by atoms with Gasteiger partial charge < -0.3 is 20.3 Å². The molecule has 0 atom stereocenters. The van der Waals surface area contributed by atoms with Crippen molar-refractivity contribution in [3.63, 3.8) is 0 Å². The van der Waals surface area contributed by atoms with Crippen molar-refractivity contribution in [3.8, 4) is 11.5 Å². The summed E-state index contributed by atoms with van der Waals surface area (Å²) in [5, 5.41) is 20.0. The van der Waals surface area contributed by atoms with Gasteiger partial charge in [0.1, 0.15) is 11.5 Å². The fraction of sp³-hybridized carbons (Fsp3) is 0.211. The second kappa shape index (κ2) is 12.1. The zero-order valence-electron chi connectivity index (χ0n) is 15.1. The molecular weight excluding hydrogens is 338 g/mol. The molecular formula is C19H23NO6. The summed E-state index contributed by atoms with van der Waals surface area (Å²) in [6.07, 6.45) is 0. The van der Waals surface area contributed by atoms with Gasteiger partial charge in [-0.05, 0) is 36.4 Å². The lowest BCUT2D eigenvalue weighted by Crippen LogP contribution is -2.20. The smallest absolute Gasteiger partial charge is 0.336 e. The maximum atomic E-state index is 11.2. The molecule has 0 unspecified atom stereocenters. The third-order valence-electron chi connectivity index (χ3n) is 2.73. The van der Waals surface area contributed by atoms with Gasteiger partial charge in [-0.2, -0.15) is 0 Å². The van der Waals surface area contributed by atoms with Gasteiger partial charge in [-0.3, -0.25) is 9.59 Å². The van der Waals surface area contributed by atoms with Crippen molar-refractivity contribution in [3.05, 3.63) is 59.7 Å². The summed E-state index contributed by atoms with van der Waals surface area (Å²) >= 11 is 0. The largest absolute Gasteiger partial charge is 0.508 e. The lowest BCUT2D eigenvalue weighted by molar-refractivity contribution is -0.131. The van der Waals surface area contributed by atoms with E-state index in [1.54, 1.807) is 12.1 Å². The van der Waals surface area contributed by atoms with E-state index in [-0.39, 0.29) is 22.8 Å². The van der Waals surface area contributed by atoms with E-state index >= 15 is 0 Å². The number of amides is 1. The average Bonchev–Trinajstić information content (AvgIpc) is 2.64. The second-order valence-corrected chi connectivity index (χ2v) is 4.52. The average molecular weight is 361 g/mol. The second-order valence-electron chi connectivity index (χ2n) is 4.52. The number of aromatic carboxylic acids is 1. The fourth-order valence-electron chi connectivity index (χ4n) is 1.68. The van der Waals surface area contributed by atoms with Crippen molar-refractivity contribution in [1.29, 1.82) is 0 Å². The fourth-order valence-corrected chi connectivity index (χ4v) is 1.68. The number of hydrogen-bond acceptors (Lipinski definition) is 5. The van der Waals surface area contributed by atoms with Crippen molar-refractivity contribution < 1.29 is 29.3 Å². The highest BCUT2D eigenvalue weighted by Gasteiger charge is 2.13. The van der Waals surface area contributed by atoms with Crippen molar-refractivity contribution in [2.75, 3.05) is 7.05 Å². The number of hydrogen-bond donors (Lipinski definition) is 3. The first-order valence-corrected chi connectivity index (χ1v) is 7.87. The van der Waals surface area contributed by atoms with Crippen LogP contribution in [0.25, 0.3) is 0 Å². The number of phenolic OH excluding ortho intramolecular Hbond substituents is 1. The van der Waals surface area contributed by atoms with Gasteiger partial charge in [0.15, 0.2) is 0 Å². The molecule has 7 heteroatoms. The summed E-state index contributed by atoms with van der Waals surface area (Å²) in [4.78, 5) is 32.2. The number of rotatable bonds is 3. The molecule has 0 radical (unpaired) electrons. The molecule has 1 amide bonds. The van der Waals surface area contributed by atoms with E-state index in [0.29, 0.717) is 5.75 Å². The van der Waals surface area contributed by atoms with E-state index in [9.17, 15) is 14.4 Å². The Morgan fingerprint density at radius 2 is 1.42 bits per heavy atom. The van der Waals surface area contributed by atoms with Gasteiger partial charge >= 0.3 is 11.9 Å². The number of carboxylic acid groups (broad SMARTS) is 1. The first-order valence-electron chi connectivity index (χ1n) is 7.87. The van der Waals surface area contributed by atoms with Crippen LogP contribution < -0.4 is 10.1 Å². The third kappa shape index (κ3) is 7.96. The molecule has 0 fully saturated rings. The number of carbonyl (C=O) groups excluding carboxylic acids is 2. The van der Waals surface area contributed by atoms with Gasteiger partial charge in [-0.15, -0.1) is 0 Å². The van der Waals surface area contributed by atoms with E-state index in [1.165, 1.54) is 50.4 Å². The highest BCUT2D eigenvalue weighted by molar-refractivity contribution is 6.04. The van der Waals surface area contributed by atoms with Crippen LogP contribution in [0.15, 0.2) is 48.5 Å². The van der Waals surface area contributed by atoms with Crippen molar-refractivity contribution in [1.82, 2.24) is 5.32 Å². The molecule has 0 aliphatic rings. The predicted octanol–water partition coefficient (Wildman–Crippen LogP) is 3.09. The van der Waals surface area contributed by atoms with Gasteiger partial charge in [-0.25, -0.2) is 4.79 Å². The van der Waals surface area contributed by atoms with Crippen LogP contribution in [-0.4, -0.2) is 35.1 Å². The molecule has 0 heterocycles. The number of nitrogens with one attached hydrogen (secondary N) is 1. The Balaban J connectivity index is 0.000000444. The third-order valence-corrected chi connectivity index (χ3v) is 2.73. The highest BCUT2D eigenvalue weighted by Crippen LogP contribution is 2.15. The van der Waals surface area contributed by atoms with Crippen LogP contribution in [0, 0.1) is 0 Å². The van der Waals surface area contributed by atoms with Crippen LogP contribution in [0.2, 0.25) is 0 Å². The Kier molecular flexibility index (Phi) is 10.5. The van der Waals surface area contributed by atoms with Crippen LogP contribution in [0.5, 0.6) is 11.5 Å². The first-order chi connectivity index (χ1) is 12.3. The van der Waals surface area contributed by atoms with Gasteiger partial charge in [0, 0.05) is 14.0 Å². The zero-order chi connectivity index (χ0) is 20.1. The Hall–Kier alpha value is -3.35. The molecule has 0 aliphatic carbocycles.